The number of rotatable bonds is 8. The summed E-state index contributed by atoms with van der Waals surface area (Å²) in [6.45, 7) is 2.71. The monoisotopic (exact) mass is 512 g/mol. The number of nitrogens with zero attached hydrogens (tertiary/aromatic N) is 4. The number of aromatic nitrogens is 1. The van der Waals surface area contributed by atoms with Crippen molar-refractivity contribution in [2.75, 3.05) is 31.1 Å². The van der Waals surface area contributed by atoms with Gasteiger partial charge in [0.1, 0.15) is 5.82 Å². The van der Waals surface area contributed by atoms with Crippen molar-refractivity contribution >= 4 is 23.2 Å². The lowest BCUT2D eigenvalue weighted by Gasteiger charge is -2.33. The highest BCUT2D eigenvalue weighted by Gasteiger charge is 2.28. The van der Waals surface area contributed by atoms with Crippen LogP contribution in [-0.4, -0.2) is 52.7 Å². The first-order valence-corrected chi connectivity index (χ1v) is 13.4. The molecule has 5 rings (SSSR count). The smallest absolute Gasteiger partial charge is 0.269 e. The molecular weight excluding hydrogens is 480 g/mol. The van der Waals surface area contributed by atoms with Gasteiger partial charge in [-0.2, -0.15) is 0 Å². The van der Waals surface area contributed by atoms with Gasteiger partial charge in [0.2, 0.25) is 0 Å². The lowest BCUT2D eigenvalue weighted by atomic mass is 9.89. The van der Waals surface area contributed by atoms with Gasteiger partial charge in [0, 0.05) is 48.5 Å². The molecule has 1 fully saturated rings. The molecule has 0 saturated carbocycles. The van der Waals surface area contributed by atoms with E-state index in [2.05, 4.69) is 9.88 Å². The maximum Gasteiger partial charge on any atom is 0.269 e. The van der Waals surface area contributed by atoms with Crippen LogP contribution in [0.4, 0.5) is 11.5 Å². The van der Waals surface area contributed by atoms with E-state index in [4.69, 9.17) is 0 Å². The number of nitro benzene ring substituents is 1. The van der Waals surface area contributed by atoms with Crippen LogP contribution >= 0.6 is 0 Å². The van der Waals surface area contributed by atoms with E-state index in [0.717, 1.165) is 62.7 Å². The van der Waals surface area contributed by atoms with Crippen molar-refractivity contribution in [3.8, 4) is 0 Å². The normalized spacial score (nSPS) is 16.0. The number of hydrogen-bond acceptors (Lipinski definition) is 6. The summed E-state index contributed by atoms with van der Waals surface area (Å²) in [6, 6.07) is 17.3. The van der Waals surface area contributed by atoms with Crippen LogP contribution in [0.1, 0.15) is 57.5 Å². The number of hydrogen-bond donors (Lipinski definition) is 0. The number of Topliss-reactive ketones (excluding diaryl/α,β-unsaturated/α-hetero) is 1. The van der Waals surface area contributed by atoms with E-state index in [0.29, 0.717) is 24.5 Å². The van der Waals surface area contributed by atoms with Crippen molar-refractivity contribution in [3.63, 3.8) is 0 Å². The highest BCUT2D eigenvalue weighted by atomic mass is 16.6. The van der Waals surface area contributed by atoms with E-state index < -0.39 is 4.92 Å². The van der Waals surface area contributed by atoms with E-state index >= 15 is 0 Å². The number of carbonyl (C=O) groups is 2. The number of anilines is 1. The van der Waals surface area contributed by atoms with Crippen LogP contribution < -0.4 is 4.90 Å². The van der Waals surface area contributed by atoms with E-state index in [9.17, 15) is 19.7 Å². The standard InChI is InChI=1S/C30H32N4O4/c35-28(23-7-2-1-3-8-23)24-15-18-32(19-16-24)20-21-33(29-27-9-5-4-6-22(27)14-17-31-29)30(36)25-10-12-26(13-11-25)34(37)38/h1-3,7-8,10-14,17,24H,4-6,9,15-16,18-21H2. The van der Waals surface area contributed by atoms with Gasteiger partial charge < -0.3 is 4.90 Å². The Hall–Kier alpha value is -3.91. The Balaban J connectivity index is 1.31. The Bertz CT molecular complexity index is 1300. The van der Waals surface area contributed by atoms with Gasteiger partial charge in [-0.3, -0.25) is 24.6 Å². The number of carbonyl (C=O) groups excluding carboxylic acids is 2. The molecule has 1 amide bonds. The summed E-state index contributed by atoms with van der Waals surface area (Å²) >= 11 is 0. The van der Waals surface area contributed by atoms with Gasteiger partial charge in [0.05, 0.1) is 4.92 Å². The fraction of sp³-hybridized carbons (Fsp3) is 0.367. The molecular formula is C30H32N4O4. The van der Waals surface area contributed by atoms with Gasteiger partial charge in [0.25, 0.3) is 11.6 Å². The second kappa shape index (κ2) is 11.6. The fourth-order valence-electron chi connectivity index (χ4n) is 5.56. The van der Waals surface area contributed by atoms with Gasteiger partial charge in [-0.15, -0.1) is 0 Å². The van der Waals surface area contributed by atoms with Crippen LogP contribution in [0.15, 0.2) is 66.9 Å². The van der Waals surface area contributed by atoms with E-state index in [1.165, 1.54) is 29.8 Å². The number of amides is 1. The topological polar surface area (TPSA) is 96.7 Å². The molecule has 0 spiro atoms. The molecule has 1 aliphatic carbocycles. The van der Waals surface area contributed by atoms with Crippen LogP contribution in [0.2, 0.25) is 0 Å². The molecule has 8 heteroatoms. The molecule has 1 aliphatic heterocycles. The zero-order valence-electron chi connectivity index (χ0n) is 21.4. The van der Waals surface area contributed by atoms with Crippen LogP contribution in [-0.2, 0) is 12.8 Å². The number of piperidine rings is 1. The molecule has 1 saturated heterocycles. The van der Waals surface area contributed by atoms with Gasteiger partial charge in [0.15, 0.2) is 5.78 Å². The van der Waals surface area contributed by atoms with Crippen molar-refractivity contribution in [2.45, 2.75) is 38.5 Å². The van der Waals surface area contributed by atoms with Crippen LogP contribution in [0, 0.1) is 16.0 Å². The lowest BCUT2D eigenvalue weighted by Crippen LogP contribution is -2.43. The first-order valence-electron chi connectivity index (χ1n) is 13.4. The summed E-state index contributed by atoms with van der Waals surface area (Å²) in [7, 11) is 0. The summed E-state index contributed by atoms with van der Waals surface area (Å²) in [5.74, 6) is 0.717. The maximum absolute atomic E-state index is 13.7. The quantitative estimate of drug-likeness (QED) is 0.236. The largest absolute Gasteiger partial charge is 0.302 e. The van der Waals surface area contributed by atoms with Crippen LogP contribution in [0.25, 0.3) is 0 Å². The first kappa shape index (κ1) is 25.7. The van der Waals surface area contributed by atoms with E-state index in [1.54, 1.807) is 11.1 Å². The summed E-state index contributed by atoms with van der Waals surface area (Å²) in [5.41, 5.74) is 3.49. The molecule has 2 aromatic carbocycles. The Labute approximate surface area is 222 Å². The maximum atomic E-state index is 13.7. The molecule has 0 bridgehead atoms. The Morgan fingerprint density at radius 3 is 2.37 bits per heavy atom. The third-order valence-electron chi connectivity index (χ3n) is 7.74. The van der Waals surface area contributed by atoms with Crippen molar-refractivity contribution in [1.82, 2.24) is 9.88 Å². The van der Waals surface area contributed by atoms with Crippen molar-refractivity contribution < 1.29 is 14.5 Å². The molecule has 3 aromatic rings. The minimum absolute atomic E-state index is 0.0225. The van der Waals surface area contributed by atoms with Crippen LogP contribution in [0.5, 0.6) is 0 Å². The first-order chi connectivity index (χ1) is 18.5. The molecule has 2 heterocycles. The molecule has 8 nitrogen and oxygen atoms in total. The Morgan fingerprint density at radius 2 is 1.66 bits per heavy atom. The molecule has 1 aromatic heterocycles. The summed E-state index contributed by atoms with van der Waals surface area (Å²) in [6.07, 6.45) is 7.42. The van der Waals surface area contributed by atoms with Crippen LogP contribution in [0.3, 0.4) is 0 Å². The van der Waals surface area contributed by atoms with E-state index in [-0.39, 0.29) is 23.3 Å². The number of fused-ring (bicyclic) bond motifs is 1. The number of benzene rings is 2. The SMILES string of the molecule is O=C(c1ccccc1)C1CCN(CCN(C(=O)c2ccc([N+](=O)[O-])cc2)c2nccc3c2CCCC3)CC1. The molecule has 196 valence electrons. The average Bonchev–Trinajstić information content (AvgIpc) is 2.97. The molecule has 0 atom stereocenters. The number of pyridine rings is 1. The Morgan fingerprint density at radius 1 is 0.947 bits per heavy atom. The molecule has 0 radical (unpaired) electrons. The van der Waals surface area contributed by atoms with Gasteiger partial charge >= 0.3 is 0 Å². The number of ketones is 1. The number of nitro groups is 1. The lowest BCUT2D eigenvalue weighted by molar-refractivity contribution is -0.384. The fourth-order valence-corrected chi connectivity index (χ4v) is 5.56. The molecule has 0 N–H and O–H groups in total. The summed E-state index contributed by atoms with van der Waals surface area (Å²) < 4.78 is 0. The average molecular weight is 513 g/mol. The summed E-state index contributed by atoms with van der Waals surface area (Å²) in [4.78, 5) is 45.9. The predicted molar refractivity (Wildman–Crippen MR) is 146 cm³/mol. The van der Waals surface area contributed by atoms with Crippen molar-refractivity contribution in [2.24, 2.45) is 5.92 Å². The second-order valence-corrected chi connectivity index (χ2v) is 10.1. The predicted octanol–water partition coefficient (Wildman–Crippen LogP) is 5.11. The highest BCUT2D eigenvalue weighted by Crippen LogP contribution is 2.30. The van der Waals surface area contributed by atoms with Crippen molar-refractivity contribution in [3.05, 3.63) is 99.2 Å². The van der Waals surface area contributed by atoms with Gasteiger partial charge in [-0.05, 0) is 80.9 Å². The molecule has 38 heavy (non-hydrogen) atoms. The summed E-state index contributed by atoms with van der Waals surface area (Å²) in [5, 5.41) is 11.1. The number of non-ortho nitro benzene ring substituents is 1. The second-order valence-electron chi connectivity index (χ2n) is 10.1. The van der Waals surface area contributed by atoms with Gasteiger partial charge in [-0.25, -0.2) is 4.98 Å². The number of likely N-dealkylation sites (tertiary alicyclic amines) is 1. The molecule has 0 unspecified atom stereocenters. The molecule has 2 aliphatic rings. The Kier molecular flexibility index (Phi) is 7.89. The minimum Gasteiger partial charge on any atom is -0.302 e. The number of aryl methyl sites for hydroxylation is 1. The zero-order chi connectivity index (χ0) is 26.5. The van der Waals surface area contributed by atoms with E-state index in [1.807, 2.05) is 36.4 Å². The van der Waals surface area contributed by atoms with Gasteiger partial charge in [-0.1, -0.05) is 30.3 Å². The zero-order valence-corrected chi connectivity index (χ0v) is 21.4. The van der Waals surface area contributed by atoms with Crippen molar-refractivity contribution in [1.29, 1.82) is 0 Å². The third kappa shape index (κ3) is 5.65. The highest BCUT2D eigenvalue weighted by molar-refractivity contribution is 6.06. The minimum atomic E-state index is -0.465. The third-order valence-corrected chi connectivity index (χ3v) is 7.74.